The molecule has 0 atom stereocenters. The summed E-state index contributed by atoms with van der Waals surface area (Å²) < 4.78 is 5.43. The molecule has 0 amide bonds. The Morgan fingerprint density at radius 2 is 1.73 bits per heavy atom. The molecule has 136 valence electrons. The Balaban J connectivity index is 1.55. The van der Waals surface area contributed by atoms with Crippen LogP contribution in [0.15, 0.2) is 29.6 Å². The predicted octanol–water partition coefficient (Wildman–Crippen LogP) is 1.15. The highest BCUT2D eigenvalue weighted by Gasteiger charge is 2.20. The summed E-state index contributed by atoms with van der Waals surface area (Å²) >= 11 is 0. The molecule has 2 aliphatic heterocycles. The van der Waals surface area contributed by atoms with Crippen molar-refractivity contribution in [1.82, 2.24) is 19.9 Å². The summed E-state index contributed by atoms with van der Waals surface area (Å²) in [6.07, 6.45) is 7.50. The van der Waals surface area contributed by atoms with E-state index in [1.807, 2.05) is 12.1 Å². The van der Waals surface area contributed by atoms with Gasteiger partial charge in [-0.2, -0.15) is 20.1 Å². The number of hydrogen-bond acceptors (Lipinski definition) is 9. The van der Waals surface area contributed by atoms with Crippen LogP contribution in [-0.4, -0.2) is 65.5 Å². The highest BCUT2D eigenvalue weighted by atomic mass is 16.5. The lowest BCUT2D eigenvalue weighted by molar-refractivity contribution is 0.122. The third kappa shape index (κ3) is 4.05. The van der Waals surface area contributed by atoms with Gasteiger partial charge in [-0.1, -0.05) is 6.07 Å². The highest BCUT2D eigenvalue weighted by Crippen LogP contribution is 2.21. The molecule has 2 fully saturated rings. The minimum atomic E-state index is 0.448. The lowest BCUT2D eigenvalue weighted by Gasteiger charge is -2.27. The number of anilines is 3. The summed E-state index contributed by atoms with van der Waals surface area (Å²) in [6.45, 7) is 4.89. The first-order chi connectivity index (χ1) is 12.9. The smallest absolute Gasteiger partial charge is 0.250 e. The van der Waals surface area contributed by atoms with E-state index in [-0.39, 0.29) is 0 Å². The van der Waals surface area contributed by atoms with Crippen molar-refractivity contribution < 1.29 is 4.74 Å². The molecule has 9 nitrogen and oxygen atoms in total. The van der Waals surface area contributed by atoms with Gasteiger partial charge in [-0.25, -0.2) is 5.43 Å². The number of rotatable bonds is 5. The van der Waals surface area contributed by atoms with E-state index in [1.54, 1.807) is 18.6 Å². The molecule has 2 aromatic rings. The first-order valence-corrected chi connectivity index (χ1v) is 8.91. The minimum absolute atomic E-state index is 0.448. The van der Waals surface area contributed by atoms with Gasteiger partial charge in [0.25, 0.3) is 0 Å². The van der Waals surface area contributed by atoms with E-state index >= 15 is 0 Å². The fourth-order valence-electron chi connectivity index (χ4n) is 2.98. The van der Waals surface area contributed by atoms with E-state index in [1.165, 1.54) is 12.8 Å². The SMILES string of the molecule is C(=NNc1nc(N2CCCC2)nc(N2CCOCC2)n1)c1cccnc1. The van der Waals surface area contributed by atoms with E-state index in [0.29, 0.717) is 31.1 Å². The quantitative estimate of drug-likeness (QED) is 0.631. The lowest BCUT2D eigenvalue weighted by atomic mass is 10.3. The molecule has 0 aromatic carbocycles. The van der Waals surface area contributed by atoms with Gasteiger partial charge in [0.15, 0.2) is 0 Å². The van der Waals surface area contributed by atoms with E-state index in [2.05, 4.69) is 40.3 Å². The van der Waals surface area contributed by atoms with Crippen molar-refractivity contribution in [1.29, 1.82) is 0 Å². The molecule has 9 heteroatoms. The fraction of sp³-hybridized carbons (Fsp3) is 0.471. The Labute approximate surface area is 152 Å². The number of nitrogens with one attached hydrogen (secondary N) is 1. The van der Waals surface area contributed by atoms with Gasteiger partial charge in [0.2, 0.25) is 17.8 Å². The van der Waals surface area contributed by atoms with Crippen LogP contribution >= 0.6 is 0 Å². The van der Waals surface area contributed by atoms with Gasteiger partial charge in [-0.05, 0) is 18.9 Å². The van der Waals surface area contributed by atoms with Crippen molar-refractivity contribution in [2.24, 2.45) is 5.10 Å². The number of pyridine rings is 1. The first kappa shape index (κ1) is 16.6. The first-order valence-electron chi connectivity index (χ1n) is 8.91. The molecule has 0 saturated carbocycles. The van der Waals surface area contributed by atoms with Crippen molar-refractivity contribution in [3.8, 4) is 0 Å². The molecule has 0 radical (unpaired) electrons. The van der Waals surface area contributed by atoms with Crippen LogP contribution in [0.1, 0.15) is 18.4 Å². The molecule has 1 N–H and O–H groups in total. The van der Waals surface area contributed by atoms with Gasteiger partial charge in [-0.15, -0.1) is 0 Å². The molecule has 26 heavy (non-hydrogen) atoms. The molecular formula is C17H22N8O. The van der Waals surface area contributed by atoms with Gasteiger partial charge < -0.3 is 14.5 Å². The Morgan fingerprint density at radius 3 is 2.42 bits per heavy atom. The number of nitrogens with zero attached hydrogens (tertiary/aromatic N) is 7. The maximum absolute atomic E-state index is 5.43. The Bertz CT molecular complexity index is 742. The summed E-state index contributed by atoms with van der Waals surface area (Å²) in [5.74, 6) is 1.82. The summed E-state index contributed by atoms with van der Waals surface area (Å²) in [5.41, 5.74) is 3.84. The Kier molecular flexibility index (Phi) is 5.15. The van der Waals surface area contributed by atoms with E-state index < -0.39 is 0 Å². The Morgan fingerprint density at radius 1 is 1.00 bits per heavy atom. The number of morpholine rings is 1. The minimum Gasteiger partial charge on any atom is -0.378 e. The third-order valence-electron chi connectivity index (χ3n) is 4.36. The molecule has 2 aliphatic rings. The van der Waals surface area contributed by atoms with Crippen LogP contribution in [0.25, 0.3) is 0 Å². The van der Waals surface area contributed by atoms with Gasteiger partial charge in [-0.3, -0.25) is 4.98 Å². The van der Waals surface area contributed by atoms with E-state index in [9.17, 15) is 0 Å². The standard InChI is InChI=1S/C17H22N8O/c1-2-7-24(6-1)16-20-15(23-19-13-14-4-3-5-18-12-14)21-17(22-16)25-8-10-26-11-9-25/h3-5,12-13H,1-2,6-11H2,(H,20,21,22,23). The average Bonchev–Trinajstić information content (AvgIpc) is 3.24. The van der Waals surface area contributed by atoms with Crippen LogP contribution in [0.3, 0.4) is 0 Å². The van der Waals surface area contributed by atoms with E-state index in [0.717, 1.165) is 31.7 Å². The van der Waals surface area contributed by atoms with Crippen LogP contribution in [0.4, 0.5) is 17.8 Å². The number of aromatic nitrogens is 4. The maximum atomic E-state index is 5.43. The summed E-state index contributed by atoms with van der Waals surface area (Å²) in [4.78, 5) is 22.2. The topological polar surface area (TPSA) is 91.7 Å². The second kappa shape index (κ2) is 8.05. The second-order valence-corrected chi connectivity index (χ2v) is 6.21. The Hall–Kier alpha value is -2.81. The normalized spacial score (nSPS) is 17.8. The second-order valence-electron chi connectivity index (χ2n) is 6.21. The predicted molar refractivity (Wildman–Crippen MR) is 99.8 cm³/mol. The molecule has 0 unspecified atom stereocenters. The van der Waals surface area contributed by atoms with Crippen molar-refractivity contribution in [3.05, 3.63) is 30.1 Å². The number of hydrazone groups is 1. The molecule has 2 saturated heterocycles. The zero-order valence-corrected chi connectivity index (χ0v) is 14.6. The van der Waals surface area contributed by atoms with Gasteiger partial charge >= 0.3 is 0 Å². The summed E-state index contributed by atoms with van der Waals surface area (Å²) in [7, 11) is 0. The lowest BCUT2D eigenvalue weighted by Crippen LogP contribution is -2.38. The highest BCUT2D eigenvalue weighted by molar-refractivity contribution is 5.79. The van der Waals surface area contributed by atoms with Gasteiger partial charge in [0.05, 0.1) is 19.4 Å². The van der Waals surface area contributed by atoms with Crippen LogP contribution in [0.2, 0.25) is 0 Å². The van der Waals surface area contributed by atoms with E-state index in [4.69, 9.17) is 4.74 Å². The molecule has 2 aromatic heterocycles. The van der Waals surface area contributed by atoms with Crippen molar-refractivity contribution in [2.45, 2.75) is 12.8 Å². The molecule has 4 heterocycles. The zero-order valence-electron chi connectivity index (χ0n) is 14.6. The molecule has 4 rings (SSSR count). The van der Waals surface area contributed by atoms with Gasteiger partial charge in [0, 0.05) is 44.1 Å². The zero-order chi connectivity index (χ0) is 17.6. The third-order valence-corrected chi connectivity index (χ3v) is 4.36. The average molecular weight is 354 g/mol. The summed E-state index contributed by atoms with van der Waals surface area (Å²) in [6, 6.07) is 3.80. The van der Waals surface area contributed by atoms with Crippen molar-refractivity contribution >= 4 is 24.1 Å². The van der Waals surface area contributed by atoms with Crippen LogP contribution < -0.4 is 15.2 Å². The number of hydrogen-bond donors (Lipinski definition) is 1. The monoisotopic (exact) mass is 354 g/mol. The van der Waals surface area contributed by atoms with Crippen LogP contribution in [0.5, 0.6) is 0 Å². The van der Waals surface area contributed by atoms with Gasteiger partial charge in [0.1, 0.15) is 0 Å². The van der Waals surface area contributed by atoms with Crippen molar-refractivity contribution in [2.75, 3.05) is 54.6 Å². The molecular weight excluding hydrogens is 332 g/mol. The molecule has 0 aliphatic carbocycles. The number of ether oxygens (including phenoxy) is 1. The molecule has 0 spiro atoms. The van der Waals surface area contributed by atoms with Crippen molar-refractivity contribution in [3.63, 3.8) is 0 Å². The maximum Gasteiger partial charge on any atom is 0.250 e. The largest absolute Gasteiger partial charge is 0.378 e. The van der Waals surface area contributed by atoms with Crippen LogP contribution in [0, 0.1) is 0 Å². The molecule has 0 bridgehead atoms. The fourth-order valence-corrected chi connectivity index (χ4v) is 2.98. The summed E-state index contributed by atoms with van der Waals surface area (Å²) in [5, 5.41) is 4.24. The van der Waals surface area contributed by atoms with Crippen LogP contribution in [-0.2, 0) is 4.74 Å².